The predicted octanol–water partition coefficient (Wildman–Crippen LogP) is 3.26. The molecule has 0 unspecified atom stereocenters. The molecule has 0 heterocycles. The molecule has 0 saturated heterocycles. The summed E-state index contributed by atoms with van der Waals surface area (Å²) in [5.41, 5.74) is 1.56. The molecule has 0 aliphatic carbocycles. The molecule has 20 heavy (non-hydrogen) atoms. The van der Waals surface area contributed by atoms with Crippen molar-refractivity contribution in [3.05, 3.63) is 58.6 Å². The van der Waals surface area contributed by atoms with Gasteiger partial charge in [0.15, 0.2) is 0 Å². The molecule has 0 bridgehead atoms. The number of non-ortho nitro benzene ring substituents is 1. The zero-order valence-corrected chi connectivity index (χ0v) is 10.7. The number of ether oxygens (including phenoxy) is 1. The van der Waals surface area contributed by atoms with Crippen LogP contribution in [0.1, 0.15) is 6.92 Å². The van der Waals surface area contributed by atoms with Gasteiger partial charge in [-0.2, -0.15) is 0 Å². The molecule has 0 atom stereocenters. The Labute approximate surface area is 115 Å². The maximum atomic E-state index is 10.8. The van der Waals surface area contributed by atoms with Crippen molar-refractivity contribution in [3.63, 3.8) is 0 Å². The van der Waals surface area contributed by atoms with Crippen molar-refractivity contribution in [1.82, 2.24) is 0 Å². The standard InChI is InChI=1S/C14H12N2O4/c1-10(17)20-14-8-4-12(5-9-14)15-11-2-6-13(7-3-11)16(18)19/h2-9,15H,1H3. The topological polar surface area (TPSA) is 81.5 Å². The van der Waals surface area contributed by atoms with Gasteiger partial charge in [0.2, 0.25) is 0 Å². The van der Waals surface area contributed by atoms with E-state index in [0.717, 1.165) is 11.4 Å². The predicted molar refractivity (Wildman–Crippen MR) is 74.1 cm³/mol. The van der Waals surface area contributed by atoms with E-state index in [-0.39, 0.29) is 11.7 Å². The fraction of sp³-hybridized carbons (Fsp3) is 0.0714. The van der Waals surface area contributed by atoms with Gasteiger partial charge in [0, 0.05) is 30.4 Å². The Morgan fingerprint density at radius 1 is 1.05 bits per heavy atom. The van der Waals surface area contributed by atoms with Crippen LogP contribution in [0.2, 0.25) is 0 Å². The minimum Gasteiger partial charge on any atom is -0.427 e. The number of nitro benzene ring substituents is 1. The molecule has 0 aliphatic heterocycles. The molecule has 2 aromatic rings. The summed E-state index contributed by atoms with van der Waals surface area (Å²) in [6.45, 7) is 1.34. The number of carbonyl (C=O) groups is 1. The molecule has 0 aliphatic rings. The summed E-state index contributed by atoms with van der Waals surface area (Å²) in [5.74, 6) is 0.0906. The molecule has 0 spiro atoms. The third-order valence-electron chi connectivity index (χ3n) is 2.48. The second-order valence-corrected chi connectivity index (χ2v) is 4.05. The lowest BCUT2D eigenvalue weighted by Crippen LogP contribution is -2.01. The molecule has 0 fully saturated rings. The van der Waals surface area contributed by atoms with E-state index in [2.05, 4.69) is 5.32 Å². The third kappa shape index (κ3) is 3.55. The highest BCUT2D eigenvalue weighted by Crippen LogP contribution is 2.22. The van der Waals surface area contributed by atoms with Crippen molar-refractivity contribution in [1.29, 1.82) is 0 Å². The van der Waals surface area contributed by atoms with Gasteiger partial charge in [-0.25, -0.2) is 0 Å². The van der Waals surface area contributed by atoms with Gasteiger partial charge in [0.05, 0.1) is 4.92 Å². The molecule has 6 nitrogen and oxygen atoms in total. The Morgan fingerprint density at radius 3 is 2.00 bits per heavy atom. The Morgan fingerprint density at radius 2 is 1.55 bits per heavy atom. The first-order chi connectivity index (χ1) is 9.54. The number of hydrogen-bond donors (Lipinski definition) is 1. The van der Waals surface area contributed by atoms with Crippen LogP contribution < -0.4 is 10.1 Å². The summed E-state index contributed by atoms with van der Waals surface area (Å²) >= 11 is 0. The number of hydrogen-bond acceptors (Lipinski definition) is 5. The van der Waals surface area contributed by atoms with Crippen molar-refractivity contribution in [2.45, 2.75) is 6.92 Å². The molecular weight excluding hydrogens is 260 g/mol. The van der Waals surface area contributed by atoms with Crippen LogP contribution in [0.4, 0.5) is 17.1 Å². The van der Waals surface area contributed by atoms with Crippen molar-refractivity contribution in [2.24, 2.45) is 0 Å². The van der Waals surface area contributed by atoms with E-state index < -0.39 is 4.92 Å². The lowest BCUT2D eigenvalue weighted by Gasteiger charge is -2.07. The molecule has 0 amide bonds. The van der Waals surface area contributed by atoms with Crippen LogP contribution in [0.25, 0.3) is 0 Å². The fourth-order valence-electron chi connectivity index (χ4n) is 1.61. The lowest BCUT2D eigenvalue weighted by atomic mass is 10.2. The fourth-order valence-corrected chi connectivity index (χ4v) is 1.61. The van der Waals surface area contributed by atoms with Gasteiger partial charge in [-0.1, -0.05) is 0 Å². The van der Waals surface area contributed by atoms with Crippen LogP contribution in [0.3, 0.4) is 0 Å². The van der Waals surface area contributed by atoms with E-state index >= 15 is 0 Å². The zero-order chi connectivity index (χ0) is 14.5. The molecule has 0 radical (unpaired) electrons. The quantitative estimate of drug-likeness (QED) is 0.400. The van der Waals surface area contributed by atoms with Gasteiger partial charge in [0.25, 0.3) is 5.69 Å². The number of carbonyl (C=O) groups excluding carboxylic acids is 1. The van der Waals surface area contributed by atoms with Crippen LogP contribution in [-0.2, 0) is 4.79 Å². The second-order valence-electron chi connectivity index (χ2n) is 4.05. The summed E-state index contributed by atoms with van der Waals surface area (Å²) < 4.78 is 4.92. The largest absolute Gasteiger partial charge is 0.427 e. The van der Waals surface area contributed by atoms with Crippen LogP contribution >= 0.6 is 0 Å². The summed E-state index contributed by atoms with van der Waals surface area (Å²) in [4.78, 5) is 20.9. The van der Waals surface area contributed by atoms with E-state index in [1.165, 1.54) is 19.1 Å². The first-order valence-electron chi connectivity index (χ1n) is 5.84. The monoisotopic (exact) mass is 272 g/mol. The molecule has 0 aromatic heterocycles. The first kappa shape index (κ1) is 13.5. The molecule has 2 rings (SSSR count). The van der Waals surface area contributed by atoms with Gasteiger partial charge < -0.3 is 10.1 Å². The number of benzene rings is 2. The molecule has 0 saturated carbocycles. The molecule has 1 N–H and O–H groups in total. The second kappa shape index (κ2) is 5.83. The number of nitrogens with zero attached hydrogens (tertiary/aromatic N) is 1. The van der Waals surface area contributed by atoms with E-state index in [9.17, 15) is 14.9 Å². The van der Waals surface area contributed by atoms with E-state index in [1.807, 2.05) is 0 Å². The minimum absolute atomic E-state index is 0.0424. The van der Waals surface area contributed by atoms with Gasteiger partial charge in [-0.15, -0.1) is 0 Å². The Balaban J connectivity index is 2.06. The summed E-state index contributed by atoms with van der Waals surface area (Å²) in [6.07, 6.45) is 0. The Bertz CT molecular complexity index is 621. The minimum atomic E-state index is -0.447. The van der Waals surface area contributed by atoms with Crippen molar-refractivity contribution < 1.29 is 14.5 Å². The number of anilines is 2. The highest BCUT2D eigenvalue weighted by molar-refractivity contribution is 5.70. The van der Waals surface area contributed by atoms with Crippen LogP contribution in [0.15, 0.2) is 48.5 Å². The average molecular weight is 272 g/mol. The van der Waals surface area contributed by atoms with E-state index in [0.29, 0.717) is 5.75 Å². The summed E-state index contributed by atoms with van der Waals surface area (Å²) in [6, 6.07) is 12.9. The number of esters is 1. The van der Waals surface area contributed by atoms with Gasteiger partial charge in [-0.05, 0) is 36.4 Å². The zero-order valence-electron chi connectivity index (χ0n) is 10.7. The van der Waals surface area contributed by atoms with Crippen molar-refractivity contribution >= 4 is 23.0 Å². The van der Waals surface area contributed by atoms with Crippen molar-refractivity contribution in [2.75, 3.05) is 5.32 Å². The first-order valence-corrected chi connectivity index (χ1v) is 5.84. The number of nitrogens with one attached hydrogen (secondary N) is 1. The summed E-state index contributed by atoms with van der Waals surface area (Å²) in [5, 5.41) is 13.6. The van der Waals surface area contributed by atoms with E-state index in [1.54, 1.807) is 36.4 Å². The van der Waals surface area contributed by atoms with Gasteiger partial charge in [0.1, 0.15) is 5.75 Å². The maximum Gasteiger partial charge on any atom is 0.308 e. The van der Waals surface area contributed by atoms with Crippen LogP contribution in [-0.4, -0.2) is 10.9 Å². The van der Waals surface area contributed by atoms with E-state index in [4.69, 9.17) is 4.74 Å². The van der Waals surface area contributed by atoms with Gasteiger partial charge >= 0.3 is 5.97 Å². The SMILES string of the molecule is CC(=O)Oc1ccc(Nc2ccc([N+](=O)[O-])cc2)cc1. The molecule has 6 heteroatoms. The van der Waals surface area contributed by atoms with Gasteiger partial charge in [-0.3, -0.25) is 14.9 Å². The number of rotatable bonds is 4. The molecular formula is C14H12N2O4. The van der Waals surface area contributed by atoms with Crippen molar-refractivity contribution in [3.8, 4) is 5.75 Å². The highest BCUT2D eigenvalue weighted by atomic mass is 16.6. The number of nitro groups is 1. The molecule has 102 valence electrons. The Kier molecular flexibility index (Phi) is 3.95. The van der Waals surface area contributed by atoms with Crippen LogP contribution in [0.5, 0.6) is 5.75 Å². The highest BCUT2D eigenvalue weighted by Gasteiger charge is 2.04. The molecule has 2 aromatic carbocycles. The lowest BCUT2D eigenvalue weighted by molar-refractivity contribution is -0.384. The summed E-state index contributed by atoms with van der Waals surface area (Å²) in [7, 11) is 0. The third-order valence-corrected chi connectivity index (χ3v) is 2.48. The average Bonchev–Trinajstić information content (AvgIpc) is 2.41. The normalized spacial score (nSPS) is 9.85. The maximum absolute atomic E-state index is 10.8. The van der Waals surface area contributed by atoms with Crippen LogP contribution in [0, 0.1) is 10.1 Å². The smallest absolute Gasteiger partial charge is 0.308 e. The Hall–Kier alpha value is -2.89.